The second-order valence-corrected chi connectivity index (χ2v) is 7.71. The van der Waals surface area contributed by atoms with Gasteiger partial charge in [0, 0.05) is 40.7 Å². The summed E-state index contributed by atoms with van der Waals surface area (Å²) in [6.45, 7) is 1.77. The zero-order valence-corrected chi connectivity index (χ0v) is 18.0. The molecule has 32 heavy (non-hydrogen) atoms. The van der Waals surface area contributed by atoms with E-state index in [1.807, 2.05) is 54.9 Å². The first-order chi connectivity index (χ1) is 15.5. The first-order valence-corrected chi connectivity index (χ1v) is 10.2. The molecule has 0 bridgehead atoms. The summed E-state index contributed by atoms with van der Waals surface area (Å²) >= 11 is 0. The first-order valence-electron chi connectivity index (χ1n) is 10.2. The fraction of sp³-hybridized carbons (Fsp3) is 0.154. The molecule has 0 saturated heterocycles. The predicted octanol–water partition coefficient (Wildman–Crippen LogP) is 5.02. The third-order valence-corrected chi connectivity index (χ3v) is 5.94. The van der Waals surface area contributed by atoms with Gasteiger partial charge in [0.25, 0.3) is 0 Å². The number of benzene rings is 3. The molecule has 2 aromatic heterocycles. The number of aromatic nitrogens is 1. The van der Waals surface area contributed by atoms with Gasteiger partial charge in [-0.1, -0.05) is 18.2 Å². The number of carbonyl (C=O) groups is 1. The van der Waals surface area contributed by atoms with Crippen LogP contribution in [0.15, 0.2) is 69.9 Å². The molecule has 5 rings (SSSR count). The van der Waals surface area contributed by atoms with Crippen molar-refractivity contribution in [1.29, 1.82) is 0 Å². The molecule has 0 spiro atoms. The van der Waals surface area contributed by atoms with Crippen molar-refractivity contribution in [1.82, 2.24) is 4.57 Å². The second-order valence-electron chi connectivity index (χ2n) is 7.71. The normalized spacial score (nSPS) is 11.3. The minimum atomic E-state index is -0.401. The minimum Gasteiger partial charge on any atom is -0.497 e. The van der Waals surface area contributed by atoms with Gasteiger partial charge in [0.15, 0.2) is 6.61 Å². The van der Waals surface area contributed by atoms with E-state index in [1.54, 1.807) is 31.4 Å². The molecule has 0 unspecified atom stereocenters. The molecule has 6 heteroatoms. The number of hydrogen-bond acceptors (Lipinski definition) is 5. The van der Waals surface area contributed by atoms with Crippen molar-refractivity contribution in [2.24, 2.45) is 7.05 Å². The highest BCUT2D eigenvalue weighted by Crippen LogP contribution is 2.30. The SMILES string of the molecule is COc1ccc2c(c1)c(C(=O)COc1ccc3c(c1)oc(=O)c1ccccc13)c(C)n2C. The Hall–Kier alpha value is -4.06. The quantitative estimate of drug-likeness (QED) is 0.224. The highest BCUT2D eigenvalue weighted by Gasteiger charge is 2.20. The molecule has 160 valence electrons. The summed E-state index contributed by atoms with van der Waals surface area (Å²) in [7, 11) is 3.53. The number of carbonyl (C=O) groups excluding carboxylic acids is 1. The van der Waals surface area contributed by atoms with Gasteiger partial charge in [0.1, 0.15) is 17.1 Å². The van der Waals surface area contributed by atoms with Crippen LogP contribution in [-0.4, -0.2) is 24.1 Å². The number of Topliss-reactive ketones (excluding diaryl/α,β-unsaturated/α-hetero) is 1. The van der Waals surface area contributed by atoms with Gasteiger partial charge in [0.05, 0.1) is 12.5 Å². The maximum absolute atomic E-state index is 13.1. The van der Waals surface area contributed by atoms with Gasteiger partial charge in [0.2, 0.25) is 5.78 Å². The van der Waals surface area contributed by atoms with E-state index in [-0.39, 0.29) is 12.4 Å². The lowest BCUT2D eigenvalue weighted by Crippen LogP contribution is -2.13. The first kappa shape index (κ1) is 19.9. The maximum atomic E-state index is 13.1. The molecule has 5 aromatic rings. The summed E-state index contributed by atoms with van der Waals surface area (Å²) in [5.74, 6) is 1.01. The molecule has 0 N–H and O–H groups in total. The Morgan fingerprint density at radius 1 is 0.938 bits per heavy atom. The Bertz CT molecular complexity index is 1570. The molecule has 0 saturated carbocycles. The van der Waals surface area contributed by atoms with Crippen LogP contribution < -0.4 is 15.1 Å². The summed E-state index contributed by atoms with van der Waals surface area (Å²) in [5, 5.41) is 3.00. The summed E-state index contributed by atoms with van der Waals surface area (Å²) in [5.41, 5.74) is 2.44. The molecule has 0 radical (unpaired) electrons. The monoisotopic (exact) mass is 427 g/mol. The lowest BCUT2D eigenvalue weighted by Gasteiger charge is -2.08. The number of hydrogen-bond donors (Lipinski definition) is 0. The molecule has 0 fully saturated rings. The van der Waals surface area contributed by atoms with Crippen molar-refractivity contribution in [3.05, 3.63) is 82.3 Å². The Labute approximate surface area is 183 Å². The molecule has 0 aliphatic carbocycles. The fourth-order valence-electron chi connectivity index (χ4n) is 4.20. The van der Waals surface area contributed by atoms with Crippen LogP contribution >= 0.6 is 0 Å². The Morgan fingerprint density at radius 3 is 2.47 bits per heavy atom. The van der Waals surface area contributed by atoms with E-state index < -0.39 is 5.63 Å². The standard InChI is InChI=1S/C26H21NO5/c1-15-25(21-12-16(30-3)9-11-22(21)27(15)2)23(28)14-31-17-8-10-19-18-6-4-5-7-20(18)26(29)32-24(19)13-17/h4-13H,14H2,1-3H3. The highest BCUT2D eigenvalue weighted by molar-refractivity contribution is 6.10. The van der Waals surface area contributed by atoms with Crippen molar-refractivity contribution >= 4 is 38.4 Å². The molecule has 2 heterocycles. The van der Waals surface area contributed by atoms with Gasteiger partial charge in [-0.05, 0) is 48.7 Å². The average molecular weight is 427 g/mol. The minimum absolute atomic E-state index is 0.138. The largest absolute Gasteiger partial charge is 0.497 e. The van der Waals surface area contributed by atoms with E-state index in [9.17, 15) is 9.59 Å². The third-order valence-electron chi connectivity index (χ3n) is 5.94. The molecule has 0 aliphatic heterocycles. The van der Waals surface area contributed by atoms with Crippen molar-refractivity contribution < 1.29 is 18.7 Å². The maximum Gasteiger partial charge on any atom is 0.344 e. The number of ether oxygens (including phenoxy) is 2. The summed E-state index contributed by atoms with van der Waals surface area (Å²) in [6.07, 6.45) is 0. The highest BCUT2D eigenvalue weighted by atomic mass is 16.5. The van der Waals surface area contributed by atoms with Crippen LogP contribution in [-0.2, 0) is 7.05 Å². The molecule has 3 aromatic carbocycles. The smallest absolute Gasteiger partial charge is 0.344 e. The topological polar surface area (TPSA) is 70.7 Å². The molecule has 6 nitrogen and oxygen atoms in total. The third kappa shape index (κ3) is 3.12. The Morgan fingerprint density at radius 2 is 1.69 bits per heavy atom. The van der Waals surface area contributed by atoms with Crippen LogP contribution in [0.1, 0.15) is 16.1 Å². The van der Waals surface area contributed by atoms with Gasteiger partial charge in [-0.2, -0.15) is 0 Å². The van der Waals surface area contributed by atoms with Crippen molar-refractivity contribution in [3.8, 4) is 11.5 Å². The van der Waals surface area contributed by atoms with Gasteiger partial charge >= 0.3 is 5.63 Å². The number of ketones is 1. The van der Waals surface area contributed by atoms with Gasteiger partial charge in [-0.25, -0.2) is 4.79 Å². The molecule has 0 amide bonds. The number of rotatable bonds is 5. The van der Waals surface area contributed by atoms with Crippen molar-refractivity contribution in [2.75, 3.05) is 13.7 Å². The van der Waals surface area contributed by atoms with Crippen LogP contribution in [0.3, 0.4) is 0 Å². The Balaban J connectivity index is 1.47. The van der Waals surface area contributed by atoms with Crippen LogP contribution in [0.25, 0.3) is 32.6 Å². The predicted molar refractivity (Wildman–Crippen MR) is 124 cm³/mol. The number of fused-ring (bicyclic) bond motifs is 4. The summed E-state index contributed by atoms with van der Waals surface area (Å²) < 4.78 is 18.6. The zero-order chi connectivity index (χ0) is 22.4. The van der Waals surface area contributed by atoms with Gasteiger partial charge in [-0.3, -0.25) is 4.79 Å². The average Bonchev–Trinajstić information content (AvgIpc) is 3.06. The van der Waals surface area contributed by atoms with Crippen LogP contribution in [0.2, 0.25) is 0 Å². The van der Waals surface area contributed by atoms with E-state index in [0.29, 0.717) is 28.0 Å². The molecular formula is C26H21NO5. The molecular weight excluding hydrogens is 406 g/mol. The zero-order valence-electron chi connectivity index (χ0n) is 18.0. The van der Waals surface area contributed by atoms with Crippen LogP contribution in [0.4, 0.5) is 0 Å². The van der Waals surface area contributed by atoms with Crippen LogP contribution in [0.5, 0.6) is 11.5 Å². The number of aryl methyl sites for hydroxylation is 1. The lowest BCUT2D eigenvalue weighted by atomic mass is 10.1. The fourth-order valence-corrected chi connectivity index (χ4v) is 4.20. The molecule has 0 atom stereocenters. The van der Waals surface area contributed by atoms with E-state index in [2.05, 4.69) is 0 Å². The Kier molecular flexibility index (Phi) is 4.70. The van der Waals surface area contributed by atoms with E-state index in [0.717, 1.165) is 27.4 Å². The van der Waals surface area contributed by atoms with Gasteiger partial charge in [-0.15, -0.1) is 0 Å². The van der Waals surface area contributed by atoms with Crippen molar-refractivity contribution in [2.45, 2.75) is 6.92 Å². The number of nitrogens with zero attached hydrogens (tertiary/aromatic N) is 1. The number of methoxy groups -OCH3 is 1. The van der Waals surface area contributed by atoms with Crippen molar-refractivity contribution in [3.63, 3.8) is 0 Å². The summed E-state index contributed by atoms with van der Waals surface area (Å²) in [4.78, 5) is 25.4. The lowest BCUT2D eigenvalue weighted by molar-refractivity contribution is 0.0922. The second kappa shape index (κ2) is 7.57. The summed E-state index contributed by atoms with van der Waals surface area (Å²) in [6, 6.07) is 18.3. The van der Waals surface area contributed by atoms with E-state index >= 15 is 0 Å². The van der Waals surface area contributed by atoms with E-state index in [1.165, 1.54) is 0 Å². The van der Waals surface area contributed by atoms with E-state index in [4.69, 9.17) is 13.9 Å². The van der Waals surface area contributed by atoms with Gasteiger partial charge < -0.3 is 18.5 Å². The molecule has 0 aliphatic rings. The van der Waals surface area contributed by atoms with Crippen LogP contribution in [0, 0.1) is 6.92 Å².